The second-order valence-corrected chi connectivity index (χ2v) is 10.1. The molecule has 6 rings (SSSR count). The minimum Gasteiger partial charge on any atom is -0.493 e. The number of amides is 4. The highest BCUT2D eigenvalue weighted by Crippen LogP contribution is 2.41. The number of carbonyl (C=O) groups excluding carboxylic acids is 3. The summed E-state index contributed by atoms with van der Waals surface area (Å²) in [6, 6.07) is 14.7. The van der Waals surface area contributed by atoms with Gasteiger partial charge in [0.1, 0.15) is 12.3 Å². The Kier molecular flexibility index (Phi) is 5.02. The van der Waals surface area contributed by atoms with Crippen LogP contribution in [0.3, 0.4) is 0 Å². The van der Waals surface area contributed by atoms with Crippen LogP contribution in [0.15, 0.2) is 48.5 Å². The van der Waals surface area contributed by atoms with Gasteiger partial charge in [0.05, 0.1) is 21.8 Å². The summed E-state index contributed by atoms with van der Waals surface area (Å²) < 4.78 is 6.82. The van der Waals surface area contributed by atoms with Gasteiger partial charge in [-0.25, -0.2) is 9.78 Å². The molecule has 1 spiro atoms. The normalized spacial score (nSPS) is 24.3. The first kappa shape index (κ1) is 21.1. The largest absolute Gasteiger partial charge is 0.493 e. The number of rotatable bonds is 3. The van der Waals surface area contributed by atoms with Crippen LogP contribution in [0.1, 0.15) is 35.8 Å². The van der Waals surface area contributed by atoms with Crippen molar-refractivity contribution >= 4 is 39.4 Å². The number of piperidine rings is 1. The number of ether oxygens (including phenoxy) is 1. The number of aromatic nitrogens is 1. The van der Waals surface area contributed by atoms with E-state index in [2.05, 4.69) is 11.4 Å². The van der Waals surface area contributed by atoms with Gasteiger partial charge in [-0.1, -0.05) is 30.3 Å². The number of nitrogens with one attached hydrogen (secondary N) is 1. The van der Waals surface area contributed by atoms with Crippen LogP contribution in [0.25, 0.3) is 10.2 Å². The summed E-state index contributed by atoms with van der Waals surface area (Å²) in [6.45, 7) is 1.22. The summed E-state index contributed by atoms with van der Waals surface area (Å²) in [6.07, 6.45) is 2.16. The summed E-state index contributed by atoms with van der Waals surface area (Å²) >= 11 is 1.67. The van der Waals surface area contributed by atoms with Gasteiger partial charge in [0, 0.05) is 31.0 Å². The number of imide groups is 1. The molecule has 4 heterocycles. The minimum absolute atomic E-state index is 0.159. The molecule has 0 radical (unpaired) electrons. The van der Waals surface area contributed by atoms with Crippen LogP contribution < -0.4 is 10.1 Å². The van der Waals surface area contributed by atoms with Gasteiger partial charge in [-0.05, 0) is 31.0 Å². The molecule has 0 unspecified atom stereocenters. The molecule has 9 heteroatoms. The van der Waals surface area contributed by atoms with Crippen molar-refractivity contribution in [2.24, 2.45) is 0 Å². The lowest BCUT2D eigenvalue weighted by Crippen LogP contribution is -2.49. The topological polar surface area (TPSA) is 91.8 Å². The summed E-state index contributed by atoms with van der Waals surface area (Å²) in [5.74, 6) is 0.144. The molecule has 0 aliphatic carbocycles. The van der Waals surface area contributed by atoms with E-state index in [9.17, 15) is 14.4 Å². The molecule has 0 saturated carbocycles. The number of hydrogen-bond donors (Lipinski definition) is 1. The molecule has 8 nitrogen and oxygen atoms in total. The number of nitrogens with zero attached hydrogens (tertiary/aromatic N) is 3. The predicted molar refractivity (Wildman–Crippen MR) is 127 cm³/mol. The second kappa shape index (κ2) is 8.09. The molecule has 0 bridgehead atoms. The van der Waals surface area contributed by atoms with Crippen molar-refractivity contribution < 1.29 is 19.1 Å². The van der Waals surface area contributed by atoms with Gasteiger partial charge in [-0.15, -0.1) is 11.3 Å². The van der Waals surface area contributed by atoms with E-state index in [0.717, 1.165) is 33.0 Å². The average molecular weight is 477 g/mol. The van der Waals surface area contributed by atoms with Crippen molar-refractivity contribution in [2.75, 3.05) is 26.2 Å². The smallest absolute Gasteiger partial charge is 0.325 e. The molecule has 2 saturated heterocycles. The Hall–Kier alpha value is -3.46. The van der Waals surface area contributed by atoms with Crippen LogP contribution >= 0.6 is 11.3 Å². The maximum absolute atomic E-state index is 13.5. The number of urea groups is 1. The van der Waals surface area contributed by atoms with E-state index in [4.69, 9.17) is 9.72 Å². The summed E-state index contributed by atoms with van der Waals surface area (Å²) in [5, 5.41) is 3.90. The van der Waals surface area contributed by atoms with Crippen LogP contribution in [0.4, 0.5) is 4.79 Å². The average Bonchev–Trinajstić information content (AvgIpc) is 3.40. The lowest BCUT2D eigenvalue weighted by Gasteiger charge is -2.34. The van der Waals surface area contributed by atoms with Crippen LogP contribution in [-0.2, 0) is 15.1 Å². The third kappa shape index (κ3) is 3.34. The molecule has 2 fully saturated rings. The highest BCUT2D eigenvalue weighted by molar-refractivity contribution is 7.18. The Morgan fingerprint density at radius 3 is 2.88 bits per heavy atom. The fourth-order valence-electron chi connectivity index (χ4n) is 5.22. The second-order valence-electron chi connectivity index (χ2n) is 9.02. The molecule has 1 aromatic heterocycles. The molecule has 174 valence electrons. The van der Waals surface area contributed by atoms with Crippen molar-refractivity contribution in [2.45, 2.75) is 30.7 Å². The Morgan fingerprint density at radius 1 is 1.18 bits per heavy atom. The predicted octanol–water partition coefficient (Wildman–Crippen LogP) is 3.23. The first-order valence-electron chi connectivity index (χ1n) is 11.5. The fourth-order valence-corrected chi connectivity index (χ4v) is 6.31. The van der Waals surface area contributed by atoms with E-state index < -0.39 is 11.6 Å². The van der Waals surface area contributed by atoms with Crippen molar-refractivity contribution in [3.05, 3.63) is 59.1 Å². The van der Waals surface area contributed by atoms with Crippen molar-refractivity contribution in [1.82, 2.24) is 20.1 Å². The molecule has 3 aromatic rings. The highest BCUT2D eigenvalue weighted by Gasteiger charge is 2.55. The SMILES string of the molecule is O=C(CN1C(=O)N[C@@]2(CCOc3ccccc32)C1=O)N1CCC[C@@H](c2nc3ccccc3s2)C1. The van der Waals surface area contributed by atoms with E-state index in [0.29, 0.717) is 37.4 Å². The highest BCUT2D eigenvalue weighted by atomic mass is 32.1. The number of benzene rings is 2. The van der Waals surface area contributed by atoms with Crippen molar-refractivity contribution in [1.29, 1.82) is 0 Å². The van der Waals surface area contributed by atoms with Gasteiger partial charge < -0.3 is 15.0 Å². The lowest BCUT2D eigenvalue weighted by molar-refractivity contribution is -0.140. The third-order valence-electron chi connectivity index (χ3n) is 6.98. The number of carbonyl (C=O) groups is 3. The maximum atomic E-state index is 13.5. The van der Waals surface area contributed by atoms with Gasteiger partial charge in [0.2, 0.25) is 5.91 Å². The van der Waals surface area contributed by atoms with Gasteiger partial charge in [-0.3, -0.25) is 14.5 Å². The first-order chi connectivity index (χ1) is 16.5. The standard InChI is InChI=1S/C25H24N4O4S/c30-21(28-12-5-6-16(14-28)22-26-18-8-2-4-10-20(18)34-22)15-29-23(31)25(27-24(29)32)11-13-33-19-9-3-1-7-17(19)25/h1-4,7-10,16H,5-6,11-15H2,(H,27,32)/t16-,25-/m1/s1. The molecule has 4 amide bonds. The molecule has 2 atom stereocenters. The molecular weight excluding hydrogens is 452 g/mol. The molecule has 1 N–H and O–H groups in total. The van der Waals surface area contributed by atoms with E-state index in [1.54, 1.807) is 28.4 Å². The summed E-state index contributed by atoms with van der Waals surface area (Å²) in [4.78, 5) is 47.1. The van der Waals surface area contributed by atoms with Crippen molar-refractivity contribution in [3.8, 4) is 5.75 Å². The maximum Gasteiger partial charge on any atom is 0.325 e. The fraction of sp³-hybridized carbons (Fsp3) is 0.360. The third-order valence-corrected chi connectivity index (χ3v) is 8.18. The monoisotopic (exact) mass is 476 g/mol. The first-order valence-corrected chi connectivity index (χ1v) is 12.4. The van der Waals surface area contributed by atoms with Crippen LogP contribution in [0, 0.1) is 0 Å². The van der Waals surface area contributed by atoms with Gasteiger partial charge in [0.15, 0.2) is 5.54 Å². The quantitative estimate of drug-likeness (QED) is 0.586. The molecule has 2 aromatic carbocycles. The summed E-state index contributed by atoms with van der Waals surface area (Å²) in [7, 11) is 0. The van der Waals surface area contributed by atoms with Crippen LogP contribution in [0.5, 0.6) is 5.75 Å². The molecule has 3 aliphatic heterocycles. The Balaban J connectivity index is 1.19. The number of fused-ring (bicyclic) bond motifs is 3. The van der Waals surface area contributed by atoms with Gasteiger partial charge in [-0.2, -0.15) is 0 Å². The van der Waals surface area contributed by atoms with E-state index in [1.807, 2.05) is 30.3 Å². The van der Waals surface area contributed by atoms with Crippen LogP contribution in [-0.4, -0.2) is 58.9 Å². The molecule has 34 heavy (non-hydrogen) atoms. The Morgan fingerprint density at radius 2 is 2.00 bits per heavy atom. The number of hydrogen-bond acceptors (Lipinski definition) is 6. The molecule has 3 aliphatic rings. The lowest BCUT2D eigenvalue weighted by atomic mass is 9.84. The number of likely N-dealkylation sites (tertiary alicyclic amines) is 1. The zero-order chi connectivity index (χ0) is 23.3. The number of thiazole rings is 1. The zero-order valence-corrected chi connectivity index (χ0v) is 19.3. The van der Waals surface area contributed by atoms with Crippen LogP contribution in [0.2, 0.25) is 0 Å². The summed E-state index contributed by atoms with van der Waals surface area (Å²) in [5.41, 5.74) is 0.452. The number of para-hydroxylation sites is 2. The van der Waals surface area contributed by atoms with Crippen molar-refractivity contribution in [3.63, 3.8) is 0 Å². The zero-order valence-electron chi connectivity index (χ0n) is 18.5. The van der Waals surface area contributed by atoms with E-state index >= 15 is 0 Å². The van der Waals surface area contributed by atoms with E-state index in [-0.39, 0.29) is 24.3 Å². The van der Waals surface area contributed by atoms with Gasteiger partial charge in [0.25, 0.3) is 5.91 Å². The Labute approximate surface area is 200 Å². The van der Waals surface area contributed by atoms with E-state index in [1.165, 1.54) is 0 Å². The molecular formula is C25H24N4O4S. The minimum atomic E-state index is -1.17. The van der Waals surface area contributed by atoms with Gasteiger partial charge >= 0.3 is 6.03 Å². The Bertz CT molecular complexity index is 1270.